The standard InChI is InChI=1S/C13H19NO/c1-10(2)12-9-11(15)5-6-13(12)14-7-3-4-8-14/h5-6,9-10,15H,3-4,7-8H2,1-2H3. The van der Waals surface area contributed by atoms with Gasteiger partial charge in [-0.3, -0.25) is 0 Å². The molecule has 2 rings (SSSR count). The number of anilines is 1. The van der Waals surface area contributed by atoms with Gasteiger partial charge in [-0.15, -0.1) is 0 Å². The smallest absolute Gasteiger partial charge is 0.116 e. The fraction of sp³-hybridized carbons (Fsp3) is 0.538. The van der Waals surface area contributed by atoms with E-state index in [1.54, 1.807) is 6.07 Å². The third-order valence-corrected chi connectivity index (χ3v) is 3.08. The Morgan fingerprint density at radius 2 is 1.87 bits per heavy atom. The van der Waals surface area contributed by atoms with Gasteiger partial charge in [0.2, 0.25) is 0 Å². The van der Waals surface area contributed by atoms with E-state index in [0.29, 0.717) is 11.7 Å². The summed E-state index contributed by atoms with van der Waals surface area (Å²) in [6, 6.07) is 5.74. The van der Waals surface area contributed by atoms with Gasteiger partial charge < -0.3 is 10.0 Å². The van der Waals surface area contributed by atoms with Crippen LogP contribution in [0.4, 0.5) is 5.69 Å². The first-order valence-electron chi connectivity index (χ1n) is 5.76. The highest BCUT2D eigenvalue weighted by Gasteiger charge is 2.17. The minimum Gasteiger partial charge on any atom is -0.508 e. The van der Waals surface area contributed by atoms with E-state index >= 15 is 0 Å². The highest BCUT2D eigenvalue weighted by molar-refractivity contribution is 5.57. The number of benzene rings is 1. The molecule has 2 nitrogen and oxygen atoms in total. The maximum atomic E-state index is 9.51. The van der Waals surface area contributed by atoms with E-state index in [-0.39, 0.29) is 0 Å². The van der Waals surface area contributed by atoms with Crippen molar-refractivity contribution in [2.75, 3.05) is 18.0 Å². The monoisotopic (exact) mass is 205 g/mol. The van der Waals surface area contributed by atoms with Crippen LogP contribution in [0.5, 0.6) is 5.75 Å². The lowest BCUT2D eigenvalue weighted by molar-refractivity contribution is 0.474. The van der Waals surface area contributed by atoms with Crippen molar-refractivity contribution in [1.82, 2.24) is 0 Å². The van der Waals surface area contributed by atoms with Crippen molar-refractivity contribution in [3.8, 4) is 5.75 Å². The molecule has 0 atom stereocenters. The summed E-state index contributed by atoms with van der Waals surface area (Å²) < 4.78 is 0. The van der Waals surface area contributed by atoms with Crippen molar-refractivity contribution in [3.05, 3.63) is 23.8 Å². The van der Waals surface area contributed by atoms with Gasteiger partial charge in [-0.1, -0.05) is 13.8 Å². The van der Waals surface area contributed by atoms with Gasteiger partial charge >= 0.3 is 0 Å². The van der Waals surface area contributed by atoms with Crippen LogP contribution in [-0.4, -0.2) is 18.2 Å². The average Bonchev–Trinajstić information content (AvgIpc) is 2.70. The van der Waals surface area contributed by atoms with Crippen LogP contribution in [0.15, 0.2) is 18.2 Å². The van der Waals surface area contributed by atoms with Gasteiger partial charge in [-0.2, -0.15) is 0 Å². The molecule has 1 fully saturated rings. The molecule has 0 amide bonds. The molecular formula is C13H19NO. The number of phenolic OH excluding ortho intramolecular Hbond substituents is 1. The van der Waals surface area contributed by atoms with Crippen molar-refractivity contribution in [2.24, 2.45) is 0 Å². The maximum absolute atomic E-state index is 9.51. The molecule has 1 aliphatic heterocycles. The second-order valence-electron chi connectivity index (χ2n) is 4.59. The molecule has 1 aromatic carbocycles. The predicted molar refractivity (Wildman–Crippen MR) is 63.6 cm³/mol. The van der Waals surface area contributed by atoms with Crippen molar-refractivity contribution >= 4 is 5.69 Å². The Bertz CT molecular complexity index is 340. The summed E-state index contributed by atoms with van der Waals surface area (Å²) in [6.45, 7) is 6.66. The van der Waals surface area contributed by atoms with Crippen molar-refractivity contribution in [3.63, 3.8) is 0 Å². The lowest BCUT2D eigenvalue weighted by Gasteiger charge is -2.23. The number of aromatic hydroxyl groups is 1. The molecule has 1 saturated heterocycles. The predicted octanol–water partition coefficient (Wildman–Crippen LogP) is 3.12. The summed E-state index contributed by atoms with van der Waals surface area (Å²) in [5.74, 6) is 0.842. The van der Waals surface area contributed by atoms with Crippen LogP contribution in [0, 0.1) is 0 Å². The maximum Gasteiger partial charge on any atom is 0.116 e. The Morgan fingerprint density at radius 3 is 2.47 bits per heavy atom. The van der Waals surface area contributed by atoms with Gasteiger partial charge in [-0.05, 0) is 42.5 Å². The minimum absolute atomic E-state index is 0.377. The number of hydrogen-bond acceptors (Lipinski definition) is 2. The van der Waals surface area contributed by atoms with Gasteiger partial charge in [0.05, 0.1) is 0 Å². The van der Waals surface area contributed by atoms with Gasteiger partial charge in [0.25, 0.3) is 0 Å². The Labute approximate surface area is 91.5 Å². The van der Waals surface area contributed by atoms with E-state index in [0.717, 1.165) is 13.1 Å². The third kappa shape index (κ3) is 2.09. The SMILES string of the molecule is CC(C)c1cc(O)ccc1N1CCCC1. The van der Waals surface area contributed by atoms with E-state index in [1.165, 1.54) is 24.1 Å². The Balaban J connectivity index is 2.36. The van der Waals surface area contributed by atoms with Gasteiger partial charge in [0.15, 0.2) is 0 Å². The molecule has 82 valence electrons. The molecule has 1 aliphatic rings. The number of phenols is 1. The van der Waals surface area contributed by atoms with Crippen LogP contribution in [0.2, 0.25) is 0 Å². The Hall–Kier alpha value is -1.18. The topological polar surface area (TPSA) is 23.5 Å². The van der Waals surface area contributed by atoms with Crippen LogP contribution < -0.4 is 4.90 Å². The molecule has 0 unspecified atom stereocenters. The molecule has 15 heavy (non-hydrogen) atoms. The van der Waals surface area contributed by atoms with Gasteiger partial charge in [0, 0.05) is 18.8 Å². The first kappa shape index (κ1) is 10.3. The summed E-state index contributed by atoms with van der Waals surface area (Å²) in [4.78, 5) is 2.43. The van der Waals surface area contributed by atoms with Crippen LogP contribution in [0.1, 0.15) is 38.2 Å². The summed E-state index contributed by atoms with van der Waals surface area (Å²) in [5.41, 5.74) is 2.57. The summed E-state index contributed by atoms with van der Waals surface area (Å²) >= 11 is 0. The van der Waals surface area contributed by atoms with E-state index in [4.69, 9.17) is 0 Å². The fourth-order valence-corrected chi connectivity index (χ4v) is 2.25. The second kappa shape index (κ2) is 4.13. The molecule has 0 spiro atoms. The lowest BCUT2D eigenvalue weighted by atomic mass is 10.00. The average molecular weight is 205 g/mol. The number of rotatable bonds is 2. The van der Waals surface area contributed by atoms with Crippen LogP contribution in [0.25, 0.3) is 0 Å². The second-order valence-corrected chi connectivity index (χ2v) is 4.59. The Morgan fingerprint density at radius 1 is 1.20 bits per heavy atom. The third-order valence-electron chi connectivity index (χ3n) is 3.08. The van der Waals surface area contributed by atoms with Crippen LogP contribution in [0.3, 0.4) is 0 Å². The Kier molecular flexibility index (Phi) is 2.85. The summed E-state index contributed by atoms with van der Waals surface area (Å²) in [7, 11) is 0. The molecule has 0 bridgehead atoms. The number of hydrogen-bond donors (Lipinski definition) is 1. The van der Waals surface area contributed by atoms with E-state index in [2.05, 4.69) is 24.8 Å². The van der Waals surface area contributed by atoms with Crippen molar-refractivity contribution < 1.29 is 5.11 Å². The molecular weight excluding hydrogens is 186 g/mol. The van der Waals surface area contributed by atoms with Crippen molar-refractivity contribution in [1.29, 1.82) is 0 Å². The molecule has 1 N–H and O–H groups in total. The largest absolute Gasteiger partial charge is 0.508 e. The highest BCUT2D eigenvalue weighted by atomic mass is 16.3. The highest BCUT2D eigenvalue weighted by Crippen LogP contribution is 2.32. The molecule has 1 aromatic rings. The minimum atomic E-state index is 0.377. The lowest BCUT2D eigenvalue weighted by Crippen LogP contribution is -2.19. The van der Waals surface area contributed by atoms with E-state index in [1.807, 2.05) is 6.07 Å². The van der Waals surface area contributed by atoms with Gasteiger partial charge in [-0.25, -0.2) is 0 Å². The van der Waals surface area contributed by atoms with E-state index in [9.17, 15) is 5.11 Å². The fourth-order valence-electron chi connectivity index (χ4n) is 2.25. The van der Waals surface area contributed by atoms with Crippen LogP contribution >= 0.6 is 0 Å². The molecule has 0 saturated carbocycles. The first-order valence-corrected chi connectivity index (χ1v) is 5.76. The molecule has 0 aliphatic carbocycles. The zero-order chi connectivity index (χ0) is 10.8. The van der Waals surface area contributed by atoms with Gasteiger partial charge in [0.1, 0.15) is 5.75 Å². The molecule has 2 heteroatoms. The number of nitrogens with zero attached hydrogens (tertiary/aromatic N) is 1. The molecule has 1 heterocycles. The quantitative estimate of drug-likeness (QED) is 0.802. The van der Waals surface area contributed by atoms with Crippen molar-refractivity contribution in [2.45, 2.75) is 32.6 Å². The first-order chi connectivity index (χ1) is 7.18. The zero-order valence-corrected chi connectivity index (χ0v) is 9.53. The molecule has 0 radical (unpaired) electrons. The normalized spacial score (nSPS) is 16.3. The summed E-state index contributed by atoms with van der Waals surface area (Å²) in [5, 5.41) is 9.51. The zero-order valence-electron chi connectivity index (χ0n) is 9.53. The molecule has 0 aromatic heterocycles. The summed E-state index contributed by atoms with van der Waals surface area (Å²) in [6.07, 6.45) is 2.58. The van der Waals surface area contributed by atoms with E-state index < -0.39 is 0 Å². The van der Waals surface area contributed by atoms with Crippen LogP contribution in [-0.2, 0) is 0 Å².